The van der Waals surface area contributed by atoms with Crippen LogP contribution in [0.4, 0.5) is 4.79 Å². The van der Waals surface area contributed by atoms with Crippen molar-refractivity contribution >= 4 is 11.9 Å². The second-order valence-corrected chi connectivity index (χ2v) is 6.05. The summed E-state index contributed by atoms with van der Waals surface area (Å²) < 4.78 is 0. The lowest BCUT2D eigenvalue weighted by atomic mass is 9.92. The van der Waals surface area contributed by atoms with Crippen molar-refractivity contribution in [2.45, 2.75) is 38.1 Å². The van der Waals surface area contributed by atoms with Gasteiger partial charge in [0.05, 0.1) is 0 Å². The molecule has 0 spiro atoms. The summed E-state index contributed by atoms with van der Waals surface area (Å²) in [6.45, 7) is 1.70. The van der Waals surface area contributed by atoms with E-state index in [1.165, 1.54) is 25.5 Å². The number of H-pyrrole nitrogens is 1. The van der Waals surface area contributed by atoms with Crippen LogP contribution in [0, 0.1) is 5.92 Å². The van der Waals surface area contributed by atoms with Gasteiger partial charge in [-0.2, -0.15) is 5.10 Å². The number of urea groups is 1. The number of amides is 3. The Hall–Kier alpha value is -2.05. The molecule has 3 amide bonds. The highest BCUT2D eigenvalue weighted by Crippen LogP contribution is 2.36. The second kappa shape index (κ2) is 6.81. The van der Waals surface area contributed by atoms with Gasteiger partial charge in [-0.1, -0.05) is 6.42 Å². The van der Waals surface area contributed by atoms with E-state index in [9.17, 15) is 9.59 Å². The Balaban J connectivity index is 1.40. The topological polar surface area (TPSA) is 90.1 Å². The molecule has 0 radical (unpaired) electrons. The van der Waals surface area contributed by atoms with E-state index in [1.807, 2.05) is 4.90 Å². The molecule has 1 aliphatic heterocycles. The highest BCUT2D eigenvalue weighted by molar-refractivity contribution is 5.92. The molecular weight excluding hydrogens is 282 g/mol. The molecule has 2 aliphatic rings. The van der Waals surface area contributed by atoms with Gasteiger partial charge in [0.15, 0.2) is 0 Å². The summed E-state index contributed by atoms with van der Waals surface area (Å²) in [6, 6.07) is 2.04. The first kappa shape index (κ1) is 14.9. The van der Waals surface area contributed by atoms with Gasteiger partial charge in [-0.15, -0.1) is 0 Å². The first-order chi connectivity index (χ1) is 10.8. The van der Waals surface area contributed by atoms with Crippen LogP contribution in [-0.2, 0) is 0 Å². The highest BCUT2D eigenvalue weighted by atomic mass is 16.2. The number of hydrogen-bond donors (Lipinski definition) is 3. The van der Waals surface area contributed by atoms with Crippen LogP contribution >= 0.6 is 0 Å². The number of aromatic amines is 1. The quantitative estimate of drug-likeness (QED) is 0.728. The van der Waals surface area contributed by atoms with E-state index in [4.69, 9.17) is 0 Å². The molecule has 0 bridgehead atoms. The Bertz CT molecular complexity index is 516. The molecule has 2 fully saturated rings. The van der Waals surface area contributed by atoms with Crippen molar-refractivity contribution in [1.82, 2.24) is 25.7 Å². The predicted molar refractivity (Wildman–Crippen MR) is 81.4 cm³/mol. The summed E-state index contributed by atoms with van der Waals surface area (Å²) in [5, 5.41) is 12.0. The van der Waals surface area contributed by atoms with Gasteiger partial charge in [0.2, 0.25) is 0 Å². The number of aromatic nitrogens is 2. The molecule has 1 aromatic heterocycles. The van der Waals surface area contributed by atoms with Crippen LogP contribution in [-0.4, -0.2) is 52.7 Å². The molecule has 1 saturated carbocycles. The Kier molecular flexibility index (Phi) is 4.60. The number of nitrogens with zero attached hydrogens (tertiary/aromatic N) is 2. The summed E-state index contributed by atoms with van der Waals surface area (Å²) in [4.78, 5) is 26.0. The van der Waals surface area contributed by atoms with Crippen molar-refractivity contribution in [2.24, 2.45) is 5.92 Å². The molecule has 0 aromatic carbocycles. The SMILES string of the molecule is O=C(NCCNC(=O)N1CCC[C@H]2CCC[C@@H]21)c1ccn[nH]1. The number of fused-ring (bicyclic) bond motifs is 1. The number of rotatable bonds is 4. The van der Waals surface area contributed by atoms with Crippen LogP contribution in [0.15, 0.2) is 12.3 Å². The Labute approximate surface area is 129 Å². The molecule has 1 aromatic rings. The molecule has 7 nitrogen and oxygen atoms in total. The average molecular weight is 305 g/mol. The number of hydrogen-bond acceptors (Lipinski definition) is 3. The van der Waals surface area contributed by atoms with Crippen molar-refractivity contribution in [2.75, 3.05) is 19.6 Å². The third-order valence-electron chi connectivity index (χ3n) is 4.69. The largest absolute Gasteiger partial charge is 0.349 e. The number of nitrogens with one attached hydrogen (secondary N) is 3. The fourth-order valence-corrected chi connectivity index (χ4v) is 3.63. The Morgan fingerprint density at radius 3 is 2.86 bits per heavy atom. The van der Waals surface area contributed by atoms with Gasteiger partial charge in [-0.05, 0) is 37.7 Å². The van der Waals surface area contributed by atoms with Crippen LogP contribution in [0.5, 0.6) is 0 Å². The van der Waals surface area contributed by atoms with E-state index in [1.54, 1.807) is 6.07 Å². The van der Waals surface area contributed by atoms with E-state index in [2.05, 4.69) is 20.8 Å². The molecule has 0 unspecified atom stereocenters. The maximum absolute atomic E-state index is 12.3. The van der Waals surface area contributed by atoms with Crippen LogP contribution < -0.4 is 10.6 Å². The van der Waals surface area contributed by atoms with Gasteiger partial charge in [-0.3, -0.25) is 9.89 Å². The minimum atomic E-state index is -0.208. The van der Waals surface area contributed by atoms with Crippen molar-refractivity contribution in [3.63, 3.8) is 0 Å². The van der Waals surface area contributed by atoms with Crippen molar-refractivity contribution in [3.8, 4) is 0 Å². The minimum Gasteiger partial charge on any atom is -0.349 e. The lowest BCUT2D eigenvalue weighted by Crippen LogP contribution is -2.51. The smallest absolute Gasteiger partial charge is 0.317 e. The molecular formula is C15H23N5O2. The number of carbonyl (C=O) groups excluding carboxylic acids is 2. The molecule has 22 heavy (non-hydrogen) atoms. The highest BCUT2D eigenvalue weighted by Gasteiger charge is 2.37. The van der Waals surface area contributed by atoms with E-state index < -0.39 is 0 Å². The lowest BCUT2D eigenvalue weighted by molar-refractivity contribution is 0.0947. The summed E-state index contributed by atoms with van der Waals surface area (Å²) in [7, 11) is 0. The van der Waals surface area contributed by atoms with Crippen LogP contribution in [0.1, 0.15) is 42.6 Å². The van der Waals surface area contributed by atoms with Crippen LogP contribution in [0.2, 0.25) is 0 Å². The summed E-state index contributed by atoms with van der Waals surface area (Å²) in [5.74, 6) is 0.486. The van der Waals surface area contributed by atoms with Gasteiger partial charge in [0.25, 0.3) is 5.91 Å². The monoisotopic (exact) mass is 305 g/mol. The fourth-order valence-electron chi connectivity index (χ4n) is 3.63. The molecule has 120 valence electrons. The zero-order chi connectivity index (χ0) is 15.4. The number of likely N-dealkylation sites (tertiary alicyclic amines) is 1. The van der Waals surface area contributed by atoms with Gasteiger partial charge in [0, 0.05) is 31.9 Å². The van der Waals surface area contributed by atoms with E-state index in [0.717, 1.165) is 19.4 Å². The van der Waals surface area contributed by atoms with Crippen molar-refractivity contribution in [1.29, 1.82) is 0 Å². The number of carbonyl (C=O) groups is 2. The van der Waals surface area contributed by atoms with Crippen molar-refractivity contribution in [3.05, 3.63) is 18.0 Å². The lowest BCUT2D eigenvalue weighted by Gasteiger charge is -2.37. The van der Waals surface area contributed by atoms with E-state index >= 15 is 0 Å². The molecule has 2 heterocycles. The van der Waals surface area contributed by atoms with Gasteiger partial charge < -0.3 is 15.5 Å². The fraction of sp³-hybridized carbons (Fsp3) is 0.667. The normalized spacial score (nSPS) is 23.9. The molecule has 7 heteroatoms. The molecule has 3 N–H and O–H groups in total. The third kappa shape index (κ3) is 3.23. The van der Waals surface area contributed by atoms with E-state index in [0.29, 0.717) is 30.7 Å². The maximum Gasteiger partial charge on any atom is 0.317 e. The predicted octanol–water partition coefficient (Wildman–Crippen LogP) is 1.11. The maximum atomic E-state index is 12.3. The zero-order valence-electron chi connectivity index (χ0n) is 12.7. The summed E-state index contributed by atoms with van der Waals surface area (Å²) >= 11 is 0. The van der Waals surface area contributed by atoms with E-state index in [-0.39, 0.29) is 11.9 Å². The zero-order valence-corrected chi connectivity index (χ0v) is 12.7. The molecule has 1 saturated heterocycles. The Morgan fingerprint density at radius 2 is 2.05 bits per heavy atom. The van der Waals surface area contributed by atoms with Crippen LogP contribution in [0.3, 0.4) is 0 Å². The molecule has 1 aliphatic carbocycles. The first-order valence-corrected chi connectivity index (χ1v) is 8.08. The molecule has 2 atom stereocenters. The second-order valence-electron chi connectivity index (χ2n) is 6.05. The van der Waals surface area contributed by atoms with Gasteiger partial charge in [-0.25, -0.2) is 4.79 Å². The summed E-state index contributed by atoms with van der Waals surface area (Å²) in [5.41, 5.74) is 0.427. The van der Waals surface area contributed by atoms with Crippen LogP contribution in [0.25, 0.3) is 0 Å². The van der Waals surface area contributed by atoms with Gasteiger partial charge >= 0.3 is 6.03 Å². The average Bonchev–Trinajstić information content (AvgIpc) is 3.21. The standard InChI is InChI=1S/C15H23N5O2/c21-14(12-6-7-18-19-12)16-8-9-17-15(22)20-10-2-4-11-3-1-5-13(11)20/h6-7,11,13H,1-5,8-10H2,(H,16,21)(H,17,22)(H,18,19)/t11-,13+/m1/s1. The Morgan fingerprint density at radius 1 is 1.23 bits per heavy atom. The number of piperidine rings is 1. The van der Waals surface area contributed by atoms with Crippen molar-refractivity contribution < 1.29 is 9.59 Å². The summed E-state index contributed by atoms with van der Waals surface area (Å²) in [6.07, 6.45) is 7.52. The third-order valence-corrected chi connectivity index (χ3v) is 4.69. The molecule has 3 rings (SSSR count). The van der Waals surface area contributed by atoms with Gasteiger partial charge in [0.1, 0.15) is 5.69 Å². The minimum absolute atomic E-state index is 0.00684. The first-order valence-electron chi connectivity index (χ1n) is 8.08.